The molecule has 0 amide bonds. The number of allylic oxidation sites excluding steroid dienone is 24. The summed E-state index contributed by atoms with van der Waals surface area (Å²) in [6, 6.07) is 0. The van der Waals surface area contributed by atoms with Crippen LogP contribution < -0.4 is 0 Å². The second-order valence-corrected chi connectivity index (χ2v) is 16.2. The van der Waals surface area contributed by atoms with Crippen molar-refractivity contribution in [1.82, 2.24) is 0 Å². The van der Waals surface area contributed by atoms with Gasteiger partial charge in [0.1, 0.15) is 13.2 Å². The molecule has 0 heterocycles. The van der Waals surface area contributed by atoms with E-state index in [9.17, 15) is 14.4 Å². The maximum Gasteiger partial charge on any atom is 0.306 e. The largest absolute Gasteiger partial charge is 0.462 e. The summed E-state index contributed by atoms with van der Waals surface area (Å²) in [5.41, 5.74) is 0. The molecule has 0 saturated heterocycles. The first-order valence-electron chi connectivity index (χ1n) is 25.4. The van der Waals surface area contributed by atoms with Gasteiger partial charge in [0.15, 0.2) is 6.10 Å². The molecule has 0 aromatic rings. The number of unbranched alkanes of at least 4 members (excludes halogenated alkanes) is 14. The second kappa shape index (κ2) is 51.9. The SMILES string of the molecule is CC\C=C/C=C\C=C/C=C\C=C\C=C/C=C\CCCCCC(=O)OCC(COC(=O)CCCCCCCCCCCCCC)OC(=O)CC/C=C\C/C=C\C/C=C\C/C=C\C/C=C\CC. The maximum absolute atomic E-state index is 12.8. The van der Waals surface area contributed by atoms with Crippen molar-refractivity contribution in [3.8, 4) is 0 Å². The van der Waals surface area contributed by atoms with Crippen LogP contribution >= 0.6 is 0 Å². The summed E-state index contributed by atoms with van der Waals surface area (Å²) in [5, 5.41) is 0. The molecule has 0 fully saturated rings. The third-order valence-corrected chi connectivity index (χ3v) is 10.0. The summed E-state index contributed by atoms with van der Waals surface area (Å²) in [6.07, 6.45) is 74.1. The molecule has 362 valence electrons. The molecule has 0 radical (unpaired) electrons. The van der Waals surface area contributed by atoms with Crippen LogP contribution in [0.5, 0.6) is 0 Å². The average Bonchev–Trinajstić information content (AvgIpc) is 3.30. The van der Waals surface area contributed by atoms with Crippen LogP contribution in [-0.4, -0.2) is 37.2 Å². The molecule has 0 spiro atoms. The molecule has 0 rings (SSSR count). The first kappa shape index (κ1) is 60.3. The van der Waals surface area contributed by atoms with Crippen molar-refractivity contribution >= 4 is 17.9 Å². The topological polar surface area (TPSA) is 78.9 Å². The van der Waals surface area contributed by atoms with E-state index in [1.807, 2.05) is 85.1 Å². The molecule has 0 bridgehead atoms. The van der Waals surface area contributed by atoms with Gasteiger partial charge in [0.05, 0.1) is 0 Å². The first-order chi connectivity index (χ1) is 32.0. The van der Waals surface area contributed by atoms with E-state index in [4.69, 9.17) is 14.2 Å². The number of ether oxygens (including phenoxy) is 3. The summed E-state index contributed by atoms with van der Waals surface area (Å²) in [7, 11) is 0. The van der Waals surface area contributed by atoms with Crippen LogP contribution in [0.25, 0.3) is 0 Å². The van der Waals surface area contributed by atoms with Crippen molar-refractivity contribution in [3.63, 3.8) is 0 Å². The highest BCUT2D eigenvalue weighted by molar-refractivity contribution is 5.71. The molecule has 1 atom stereocenters. The van der Waals surface area contributed by atoms with Crippen molar-refractivity contribution in [2.24, 2.45) is 0 Å². The molecule has 0 aliphatic carbocycles. The van der Waals surface area contributed by atoms with E-state index in [0.717, 1.165) is 77.0 Å². The standard InChI is InChI=1S/C59H90O6/c1-4-7-10-13-16-19-22-25-27-29-30-31-33-34-37-40-43-46-49-52-58(61)64-55-56(54-63-57(60)51-48-45-42-39-36-24-21-18-15-12-9-6-3)65-59(62)53-50-47-44-41-38-35-32-28-26-23-20-17-14-11-8-5-2/h7-8,10-11,13,16-17,19-20,22,25-31,33-35,37-38,44,47,56H,4-6,9,12,14-15,18,21,23-24,32,36,39-43,45-46,48-55H2,1-3H3/b10-7-,11-8-,16-13-,20-17-,22-19-,27-25-,28-26-,30-29+,33-31-,37-34-,38-35-,47-44-. The predicted octanol–water partition coefficient (Wildman–Crippen LogP) is 16.9. The lowest BCUT2D eigenvalue weighted by Crippen LogP contribution is -2.30. The third-order valence-electron chi connectivity index (χ3n) is 10.0. The van der Waals surface area contributed by atoms with Crippen molar-refractivity contribution in [1.29, 1.82) is 0 Å². The highest BCUT2D eigenvalue weighted by Gasteiger charge is 2.19. The monoisotopic (exact) mass is 895 g/mol. The van der Waals surface area contributed by atoms with Gasteiger partial charge in [-0.3, -0.25) is 14.4 Å². The fourth-order valence-corrected chi connectivity index (χ4v) is 6.30. The maximum atomic E-state index is 12.8. The van der Waals surface area contributed by atoms with Crippen molar-refractivity contribution in [3.05, 3.63) is 146 Å². The van der Waals surface area contributed by atoms with Crippen LogP contribution in [0.3, 0.4) is 0 Å². The number of rotatable bonds is 43. The Morgan fingerprint density at radius 3 is 1.15 bits per heavy atom. The minimum atomic E-state index is -0.841. The molecule has 0 saturated carbocycles. The normalized spacial score (nSPS) is 13.3. The van der Waals surface area contributed by atoms with Crippen LogP contribution in [0.15, 0.2) is 146 Å². The van der Waals surface area contributed by atoms with E-state index in [1.165, 1.54) is 57.8 Å². The quantitative estimate of drug-likeness (QED) is 0.0199. The van der Waals surface area contributed by atoms with Crippen LogP contribution in [0, 0.1) is 0 Å². The third kappa shape index (κ3) is 50.2. The summed E-state index contributed by atoms with van der Waals surface area (Å²) in [5.74, 6) is -1.07. The molecule has 0 aromatic heterocycles. The van der Waals surface area contributed by atoms with E-state index in [0.29, 0.717) is 19.3 Å². The zero-order valence-electron chi connectivity index (χ0n) is 41.2. The fraction of sp³-hybridized carbons (Fsp3) is 0.542. The van der Waals surface area contributed by atoms with E-state index in [2.05, 4.69) is 81.5 Å². The average molecular weight is 895 g/mol. The Kier molecular flexibility index (Phi) is 48.2. The molecule has 0 aliphatic rings. The van der Waals surface area contributed by atoms with Crippen LogP contribution in [0.1, 0.15) is 188 Å². The molecule has 0 aliphatic heterocycles. The predicted molar refractivity (Wildman–Crippen MR) is 279 cm³/mol. The number of hydrogen-bond acceptors (Lipinski definition) is 6. The Bertz CT molecular complexity index is 1490. The van der Waals surface area contributed by atoms with Crippen LogP contribution in [0.4, 0.5) is 0 Å². The van der Waals surface area contributed by atoms with Gasteiger partial charge in [-0.1, -0.05) is 244 Å². The molecule has 65 heavy (non-hydrogen) atoms. The van der Waals surface area contributed by atoms with Gasteiger partial charge in [-0.15, -0.1) is 0 Å². The van der Waals surface area contributed by atoms with Gasteiger partial charge in [-0.05, 0) is 70.6 Å². The van der Waals surface area contributed by atoms with Gasteiger partial charge >= 0.3 is 17.9 Å². The van der Waals surface area contributed by atoms with Crippen molar-refractivity contribution in [2.75, 3.05) is 13.2 Å². The molecular formula is C59H90O6. The summed E-state index contributed by atoms with van der Waals surface area (Å²) in [4.78, 5) is 37.9. The van der Waals surface area contributed by atoms with Gasteiger partial charge in [0.25, 0.3) is 0 Å². The molecule has 0 aromatic carbocycles. The Morgan fingerprint density at radius 2 is 0.708 bits per heavy atom. The Balaban J connectivity index is 4.62. The summed E-state index contributed by atoms with van der Waals surface area (Å²) < 4.78 is 16.7. The lowest BCUT2D eigenvalue weighted by atomic mass is 10.0. The zero-order valence-corrected chi connectivity index (χ0v) is 41.2. The highest BCUT2D eigenvalue weighted by atomic mass is 16.6. The molecular weight excluding hydrogens is 805 g/mol. The summed E-state index contributed by atoms with van der Waals surface area (Å²) in [6.45, 7) is 6.24. The Labute approximate surface area is 397 Å². The molecule has 6 heteroatoms. The number of carbonyl (C=O) groups excluding carboxylic acids is 3. The van der Waals surface area contributed by atoms with Gasteiger partial charge in [-0.2, -0.15) is 0 Å². The minimum Gasteiger partial charge on any atom is -0.462 e. The van der Waals surface area contributed by atoms with Crippen molar-refractivity contribution < 1.29 is 28.6 Å². The second-order valence-electron chi connectivity index (χ2n) is 16.2. The van der Waals surface area contributed by atoms with Gasteiger partial charge in [0, 0.05) is 19.3 Å². The molecule has 6 nitrogen and oxygen atoms in total. The lowest BCUT2D eigenvalue weighted by molar-refractivity contribution is -0.166. The minimum absolute atomic E-state index is 0.127. The number of esters is 3. The zero-order chi connectivity index (χ0) is 47.2. The summed E-state index contributed by atoms with van der Waals surface area (Å²) >= 11 is 0. The Hall–Kier alpha value is -4.71. The van der Waals surface area contributed by atoms with Crippen LogP contribution in [0.2, 0.25) is 0 Å². The first-order valence-corrected chi connectivity index (χ1v) is 25.4. The number of carbonyl (C=O) groups is 3. The highest BCUT2D eigenvalue weighted by Crippen LogP contribution is 2.13. The van der Waals surface area contributed by atoms with Gasteiger partial charge in [0.2, 0.25) is 0 Å². The smallest absolute Gasteiger partial charge is 0.306 e. The van der Waals surface area contributed by atoms with Gasteiger partial charge < -0.3 is 14.2 Å². The molecule has 1 unspecified atom stereocenters. The fourth-order valence-electron chi connectivity index (χ4n) is 6.30. The number of hydrogen-bond donors (Lipinski definition) is 0. The molecule has 0 N–H and O–H groups in total. The Morgan fingerprint density at radius 1 is 0.338 bits per heavy atom. The van der Waals surface area contributed by atoms with Crippen LogP contribution in [-0.2, 0) is 28.6 Å². The van der Waals surface area contributed by atoms with E-state index >= 15 is 0 Å². The lowest BCUT2D eigenvalue weighted by Gasteiger charge is -2.18. The van der Waals surface area contributed by atoms with E-state index in [1.54, 1.807) is 0 Å². The van der Waals surface area contributed by atoms with Crippen molar-refractivity contribution in [2.45, 2.75) is 194 Å². The van der Waals surface area contributed by atoms with Gasteiger partial charge in [-0.25, -0.2) is 0 Å². The van der Waals surface area contributed by atoms with E-state index < -0.39 is 12.1 Å². The van der Waals surface area contributed by atoms with E-state index in [-0.39, 0.29) is 38.0 Å².